The normalized spacial score (nSPS) is 23.4. The predicted molar refractivity (Wildman–Crippen MR) is 75.5 cm³/mol. The van der Waals surface area contributed by atoms with Crippen LogP contribution in [0.15, 0.2) is 18.2 Å². The van der Waals surface area contributed by atoms with Gasteiger partial charge in [0.1, 0.15) is 0 Å². The second-order valence-electron chi connectivity index (χ2n) is 5.29. The number of methoxy groups -OCH3 is 1. The summed E-state index contributed by atoms with van der Waals surface area (Å²) in [7, 11) is 1.83. The standard InChI is InChI=1S/C15H22N2O/c1-18-13-7-4-10-17(11-13)14-8-2-5-12-6-3-9-16-15(12)14/h2,5,8,13,16H,3-4,6-7,9-11H2,1H3. The highest BCUT2D eigenvalue weighted by atomic mass is 16.5. The first-order chi connectivity index (χ1) is 8.88. The lowest BCUT2D eigenvalue weighted by Gasteiger charge is -2.36. The van der Waals surface area contributed by atoms with E-state index in [1.807, 2.05) is 7.11 Å². The van der Waals surface area contributed by atoms with Crippen LogP contribution in [0.5, 0.6) is 0 Å². The molecule has 0 bridgehead atoms. The first kappa shape index (κ1) is 11.8. The second-order valence-corrected chi connectivity index (χ2v) is 5.29. The maximum atomic E-state index is 5.52. The van der Waals surface area contributed by atoms with Crippen LogP contribution in [0.3, 0.4) is 0 Å². The van der Waals surface area contributed by atoms with Crippen molar-refractivity contribution < 1.29 is 4.74 Å². The molecule has 1 aromatic rings. The molecular weight excluding hydrogens is 224 g/mol. The van der Waals surface area contributed by atoms with Crippen molar-refractivity contribution in [2.45, 2.75) is 31.8 Å². The van der Waals surface area contributed by atoms with E-state index in [4.69, 9.17) is 4.74 Å². The molecule has 1 N–H and O–H groups in total. The molecule has 0 radical (unpaired) electrons. The molecule has 2 aliphatic rings. The summed E-state index contributed by atoms with van der Waals surface area (Å²) in [4.78, 5) is 2.48. The smallest absolute Gasteiger partial charge is 0.0746 e. The lowest BCUT2D eigenvalue weighted by Crippen LogP contribution is -2.39. The van der Waals surface area contributed by atoms with Gasteiger partial charge in [0.05, 0.1) is 17.5 Å². The molecule has 3 rings (SSSR count). The number of rotatable bonds is 2. The molecule has 0 amide bonds. The Morgan fingerprint density at radius 2 is 2.28 bits per heavy atom. The molecule has 0 spiro atoms. The molecule has 3 nitrogen and oxygen atoms in total. The topological polar surface area (TPSA) is 24.5 Å². The number of anilines is 2. The van der Waals surface area contributed by atoms with Crippen molar-refractivity contribution in [1.82, 2.24) is 0 Å². The molecule has 3 heteroatoms. The number of nitrogens with zero attached hydrogens (tertiary/aromatic N) is 1. The summed E-state index contributed by atoms with van der Waals surface area (Å²) in [5.74, 6) is 0. The molecule has 2 aliphatic heterocycles. The van der Waals surface area contributed by atoms with E-state index in [2.05, 4.69) is 28.4 Å². The third kappa shape index (κ3) is 2.19. The lowest BCUT2D eigenvalue weighted by molar-refractivity contribution is 0.0894. The van der Waals surface area contributed by atoms with Gasteiger partial charge < -0.3 is 15.0 Å². The van der Waals surface area contributed by atoms with E-state index in [-0.39, 0.29) is 0 Å². The first-order valence-electron chi connectivity index (χ1n) is 7.02. The van der Waals surface area contributed by atoms with Crippen LogP contribution in [-0.2, 0) is 11.2 Å². The van der Waals surface area contributed by atoms with Gasteiger partial charge in [-0.3, -0.25) is 0 Å². The SMILES string of the molecule is COC1CCCN(c2cccc3c2NCCC3)C1. The minimum Gasteiger partial charge on any atom is -0.383 e. The Morgan fingerprint density at radius 1 is 1.33 bits per heavy atom. The van der Waals surface area contributed by atoms with Gasteiger partial charge in [0.25, 0.3) is 0 Å². The van der Waals surface area contributed by atoms with Crippen molar-refractivity contribution in [2.24, 2.45) is 0 Å². The predicted octanol–water partition coefficient (Wildman–Crippen LogP) is 2.66. The number of fused-ring (bicyclic) bond motifs is 1. The number of hydrogen-bond acceptors (Lipinski definition) is 3. The van der Waals surface area contributed by atoms with Gasteiger partial charge in [0.2, 0.25) is 0 Å². The Kier molecular flexibility index (Phi) is 3.41. The minimum atomic E-state index is 0.387. The summed E-state index contributed by atoms with van der Waals surface area (Å²) < 4.78 is 5.52. The molecular formula is C15H22N2O. The average Bonchev–Trinajstić information content (AvgIpc) is 2.47. The zero-order valence-corrected chi connectivity index (χ0v) is 11.1. The number of hydrogen-bond donors (Lipinski definition) is 1. The van der Waals surface area contributed by atoms with Crippen LogP contribution in [0.4, 0.5) is 11.4 Å². The maximum Gasteiger partial charge on any atom is 0.0746 e. The van der Waals surface area contributed by atoms with Gasteiger partial charge in [0, 0.05) is 26.7 Å². The van der Waals surface area contributed by atoms with E-state index in [1.54, 1.807) is 0 Å². The molecule has 1 aromatic carbocycles. The fourth-order valence-corrected chi connectivity index (χ4v) is 3.10. The average molecular weight is 246 g/mol. The molecule has 1 unspecified atom stereocenters. The largest absolute Gasteiger partial charge is 0.383 e. The number of aryl methyl sites for hydroxylation is 1. The number of nitrogens with one attached hydrogen (secondary N) is 1. The Morgan fingerprint density at radius 3 is 3.17 bits per heavy atom. The summed E-state index contributed by atoms with van der Waals surface area (Å²) in [6, 6.07) is 6.69. The van der Waals surface area contributed by atoms with Crippen molar-refractivity contribution >= 4 is 11.4 Å². The number of benzene rings is 1. The van der Waals surface area contributed by atoms with E-state index in [9.17, 15) is 0 Å². The summed E-state index contributed by atoms with van der Waals surface area (Å²) in [5.41, 5.74) is 4.20. The van der Waals surface area contributed by atoms with Crippen molar-refractivity contribution in [3.8, 4) is 0 Å². The van der Waals surface area contributed by atoms with Crippen LogP contribution in [-0.4, -0.2) is 32.8 Å². The highest BCUT2D eigenvalue weighted by Gasteiger charge is 2.23. The van der Waals surface area contributed by atoms with E-state index in [0.29, 0.717) is 6.10 Å². The molecule has 98 valence electrons. The third-order valence-electron chi connectivity index (χ3n) is 4.11. The van der Waals surface area contributed by atoms with Crippen molar-refractivity contribution in [3.63, 3.8) is 0 Å². The quantitative estimate of drug-likeness (QED) is 0.868. The molecule has 2 heterocycles. The van der Waals surface area contributed by atoms with Crippen LogP contribution in [0.1, 0.15) is 24.8 Å². The van der Waals surface area contributed by atoms with Gasteiger partial charge in [-0.2, -0.15) is 0 Å². The second kappa shape index (κ2) is 5.19. The molecule has 1 saturated heterocycles. The van der Waals surface area contributed by atoms with Gasteiger partial charge in [-0.25, -0.2) is 0 Å². The summed E-state index contributed by atoms with van der Waals surface area (Å²) in [5, 5.41) is 3.58. The van der Waals surface area contributed by atoms with Gasteiger partial charge in [-0.1, -0.05) is 12.1 Å². The summed E-state index contributed by atoms with van der Waals surface area (Å²) in [6.45, 7) is 3.28. The first-order valence-corrected chi connectivity index (χ1v) is 7.02. The van der Waals surface area contributed by atoms with Gasteiger partial charge in [-0.15, -0.1) is 0 Å². The van der Waals surface area contributed by atoms with Crippen LogP contribution in [0, 0.1) is 0 Å². The summed E-state index contributed by atoms with van der Waals surface area (Å²) in [6.07, 6.45) is 5.25. The van der Waals surface area contributed by atoms with E-state index < -0.39 is 0 Å². The maximum absolute atomic E-state index is 5.52. The van der Waals surface area contributed by atoms with Crippen molar-refractivity contribution in [2.75, 3.05) is 37.0 Å². The van der Waals surface area contributed by atoms with Crippen LogP contribution >= 0.6 is 0 Å². The molecule has 0 saturated carbocycles. The van der Waals surface area contributed by atoms with Gasteiger partial charge >= 0.3 is 0 Å². The summed E-state index contributed by atoms with van der Waals surface area (Å²) >= 11 is 0. The zero-order valence-electron chi connectivity index (χ0n) is 11.1. The fourth-order valence-electron chi connectivity index (χ4n) is 3.10. The Balaban J connectivity index is 1.87. The van der Waals surface area contributed by atoms with E-state index in [1.165, 1.54) is 42.6 Å². The molecule has 1 atom stereocenters. The zero-order chi connectivity index (χ0) is 12.4. The Hall–Kier alpha value is -1.22. The monoisotopic (exact) mass is 246 g/mol. The molecule has 1 fully saturated rings. The highest BCUT2D eigenvalue weighted by Crippen LogP contribution is 2.34. The van der Waals surface area contributed by atoms with E-state index >= 15 is 0 Å². The molecule has 0 aliphatic carbocycles. The van der Waals surface area contributed by atoms with Crippen LogP contribution in [0.2, 0.25) is 0 Å². The lowest BCUT2D eigenvalue weighted by atomic mass is 10.00. The Labute approximate surface area is 109 Å². The van der Waals surface area contributed by atoms with Crippen LogP contribution in [0.25, 0.3) is 0 Å². The van der Waals surface area contributed by atoms with E-state index in [0.717, 1.165) is 19.6 Å². The van der Waals surface area contributed by atoms with Gasteiger partial charge in [-0.05, 0) is 37.3 Å². The van der Waals surface area contributed by atoms with Crippen molar-refractivity contribution in [3.05, 3.63) is 23.8 Å². The van der Waals surface area contributed by atoms with Crippen LogP contribution < -0.4 is 10.2 Å². The third-order valence-corrected chi connectivity index (χ3v) is 4.11. The van der Waals surface area contributed by atoms with Crippen molar-refractivity contribution in [1.29, 1.82) is 0 Å². The fraction of sp³-hybridized carbons (Fsp3) is 0.600. The number of piperidine rings is 1. The molecule has 18 heavy (non-hydrogen) atoms. The number of para-hydroxylation sites is 1. The minimum absolute atomic E-state index is 0.387. The Bertz CT molecular complexity index is 419. The number of ether oxygens (including phenoxy) is 1. The van der Waals surface area contributed by atoms with Gasteiger partial charge in [0.15, 0.2) is 0 Å². The molecule has 0 aromatic heterocycles. The highest BCUT2D eigenvalue weighted by molar-refractivity contribution is 5.74.